The van der Waals surface area contributed by atoms with Gasteiger partial charge in [0.2, 0.25) is 0 Å². The van der Waals surface area contributed by atoms with Gasteiger partial charge in [0.1, 0.15) is 0 Å². The molecule has 0 atom stereocenters. The molecule has 0 spiro atoms. The first-order valence-electron chi connectivity index (χ1n) is 3.26. The second-order valence-electron chi connectivity index (χ2n) is 2.34. The molecule has 1 aromatic rings. The minimum atomic E-state index is 0.767. The van der Waals surface area contributed by atoms with Gasteiger partial charge in [-0.2, -0.15) is 5.26 Å². The van der Waals surface area contributed by atoms with Crippen LogP contribution in [-0.2, 0) is 0 Å². The van der Waals surface area contributed by atoms with Crippen LogP contribution < -0.4 is 5.32 Å². The Hall–Kier alpha value is -0.530. The highest BCUT2D eigenvalue weighted by molar-refractivity contribution is 9.11. The molecule has 2 nitrogen and oxygen atoms in total. The van der Waals surface area contributed by atoms with Crippen molar-refractivity contribution in [2.45, 2.75) is 6.92 Å². The number of nitriles is 1. The summed E-state index contributed by atoms with van der Waals surface area (Å²) in [5.74, 6) is 0. The van der Waals surface area contributed by atoms with Crippen molar-refractivity contribution >= 4 is 37.5 Å². The lowest BCUT2D eigenvalue weighted by molar-refractivity contribution is 1.40. The molecule has 1 aromatic carbocycles. The van der Waals surface area contributed by atoms with Gasteiger partial charge in [-0.15, -0.1) is 0 Å². The van der Waals surface area contributed by atoms with Gasteiger partial charge >= 0.3 is 0 Å². The van der Waals surface area contributed by atoms with Crippen molar-refractivity contribution in [3.63, 3.8) is 0 Å². The molecule has 0 unspecified atom stereocenters. The number of hydrogen-bond donors (Lipinski definition) is 1. The lowest BCUT2D eigenvalue weighted by Gasteiger charge is -2.05. The molecule has 62 valence electrons. The molecular formula is C8H6Br2N2. The van der Waals surface area contributed by atoms with E-state index in [4.69, 9.17) is 5.26 Å². The second-order valence-corrected chi connectivity index (χ2v) is 4.05. The van der Waals surface area contributed by atoms with E-state index in [-0.39, 0.29) is 0 Å². The van der Waals surface area contributed by atoms with Gasteiger partial charge in [-0.3, -0.25) is 5.32 Å². The fraction of sp³-hybridized carbons (Fsp3) is 0.125. The summed E-state index contributed by atoms with van der Waals surface area (Å²) in [6.07, 6.45) is 1.88. The van der Waals surface area contributed by atoms with Crippen LogP contribution >= 0.6 is 31.9 Å². The van der Waals surface area contributed by atoms with Crippen LogP contribution in [0.1, 0.15) is 5.56 Å². The Morgan fingerprint density at radius 3 is 2.25 bits per heavy atom. The van der Waals surface area contributed by atoms with Crippen molar-refractivity contribution in [1.82, 2.24) is 0 Å². The summed E-state index contributed by atoms with van der Waals surface area (Å²) in [5, 5.41) is 11.0. The van der Waals surface area contributed by atoms with Gasteiger partial charge in [0.05, 0.1) is 5.69 Å². The Kier molecular flexibility index (Phi) is 3.12. The summed E-state index contributed by atoms with van der Waals surface area (Å²) in [6, 6.07) is 3.90. The van der Waals surface area contributed by atoms with Crippen LogP contribution in [0.25, 0.3) is 0 Å². The number of rotatable bonds is 1. The SMILES string of the molecule is Cc1cc(Br)c(NC#N)c(Br)c1. The van der Waals surface area contributed by atoms with Crippen molar-refractivity contribution in [3.05, 3.63) is 26.6 Å². The number of benzene rings is 1. The molecule has 0 aliphatic carbocycles. The van der Waals surface area contributed by atoms with E-state index in [2.05, 4.69) is 37.2 Å². The van der Waals surface area contributed by atoms with Crippen molar-refractivity contribution in [1.29, 1.82) is 5.26 Å². The number of nitrogens with zero attached hydrogens (tertiary/aromatic N) is 1. The smallest absolute Gasteiger partial charge is 0.181 e. The van der Waals surface area contributed by atoms with Crippen LogP contribution in [0.3, 0.4) is 0 Å². The normalized spacial score (nSPS) is 9.17. The molecule has 0 saturated carbocycles. The highest BCUT2D eigenvalue weighted by atomic mass is 79.9. The van der Waals surface area contributed by atoms with Gasteiger partial charge < -0.3 is 0 Å². The summed E-state index contributed by atoms with van der Waals surface area (Å²) in [4.78, 5) is 0. The van der Waals surface area contributed by atoms with Gasteiger partial charge in [-0.05, 0) is 56.5 Å². The topological polar surface area (TPSA) is 35.8 Å². The standard InChI is InChI=1S/C8H6Br2N2/c1-5-2-6(9)8(12-4-11)7(10)3-5/h2-3,12H,1H3. The summed E-state index contributed by atoms with van der Waals surface area (Å²) in [6.45, 7) is 1.99. The van der Waals surface area contributed by atoms with Crippen LogP contribution in [0.4, 0.5) is 5.69 Å². The molecule has 1 rings (SSSR count). The minimum absolute atomic E-state index is 0.767. The van der Waals surface area contributed by atoms with Gasteiger partial charge in [0, 0.05) is 8.95 Å². The zero-order valence-corrected chi connectivity index (χ0v) is 9.53. The fourth-order valence-electron chi connectivity index (χ4n) is 0.875. The Morgan fingerprint density at radius 1 is 1.33 bits per heavy atom. The summed E-state index contributed by atoms with van der Waals surface area (Å²) in [5.41, 5.74) is 1.90. The van der Waals surface area contributed by atoms with Crippen LogP contribution in [0.2, 0.25) is 0 Å². The zero-order valence-electron chi connectivity index (χ0n) is 6.36. The Balaban J connectivity index is 3.21. The monoisotopic (exact) mass is 288 g/mol. The average Bonchev–Trinajstić information content (AvgIpc) is 1.96. The molecule has 0 aromatic heterocycles. The van der Waals surface area contributed by atoms with E-state index in [9.17, 15) is 0 Å². The third kappa shape index (κ3) is 1.99. The summed E-state index contributed by atoms with van der Waals surface area (Å²) < 4.78 is 1.77. The molecule has 1 N–H and O–H groups in total. The fourth-order valence-corrected chi connectivity index (χ4v) is 2.49. The van der Waals surface area contributed by atoms with Crippen molar-refractivity contribution in [2.75, 3.05) is 5.32 Å². The minimum Gasteiger partial charge on any atom is -0.291 e. The zero-order chi connectivity index (χ0) is 9.14. The van der Waals surface area contributed by atoms with Gasteiger partial charge in [0.15, 0.2) is 6.19 Å². The van der Waals surface area contributed by atoms with Gasteiger partial charge in [0.25, 0.3) is 0 Å². The van der Waals surface area contributed by atoms with E-state index in [0.29, 0.717) is 0 Å². The molecule has 12 heavy (non-hydrogen) atoms. The molecule has 0 aliphatic heterocycles. The number of aryl methyl sites for hydroxylation is 1. The van der Waals surface area contributed by atoms with Crippen molar-refractivity contribution < 1.29 is 0 Å². The lowest BCUT2D eigenvalue weighted by Crippen LogP contribution is -1.90. The van der Waals surface area contributed by atoms with E-state index >= 15 is 0 Å². The van der Waals surface area contributed by atoms with E-state index in [1.165, 1.54) is 0 Å². The number of hydrogen-bond acceptors (Lipinski definition) is 2. The first-order chi connectivity index (χ1) is 5.65. The van der Waals surface area contributed by atoms with Crippen LogP contribution in [0, 0.1) is 18.4 Å². The first kappa shape index (κ1) is 9.56. The number of halogens is 2. The highest BCUT2D eigenvalue weighted by Crippen LogP contribution is 2.31. The Bertz CT molecular complexity index is 318. The molecule has 0 saturated heterocycles. The number of nitrogens with one attached hydrogen (secondary N) is 1. The molecule has 0 heterocycles. The van der Waals surface area contributed by atoms with E-state index < -0.39 is 0 Å². The van der Waals surface area contributed by atoms with Crippen molar-refractivity contribution in [2.24, 2.45) is 0 Å². The predicted molar refractivity (Wildman–Crippen MR) is 55.8 cm³/mol. The van der Waals surface area contributed by atoms with Crippen LogP contribution in [0.5, 0.6) is 0 Å². The van der Waals surface area contributed by atoms with Gasteiger partial charge in [-0.25, -0.2) is 0 Å². The molecule has 0 aliphatic rings. The van der Waals surface area contributed by atoms with Gasteiger partial charge in [-0.1, -0.05) is 0 Å². The maximum atomic E-state index is 8.44. The average molecular weight is 290 g/mol. The third-order valence-electron chi connectivity index (χ3n) is 1.37. The van der Waals surface area contributed by atoms with E-state index in [1.807, 2.05) is 25.2 Å². The predicted octanol–water partition coefficient (Wildman–Crippen LogP) is 3.41. The van der Waals surface area contributed by atoms with Crippen molar-refractivity contribution in [3.8, 4) is 6.19 Å². The Labute approximate surface area is 87.8 Å². The lowest BCUT2D eigenvalue weighted by atomic mass is 10.2. The molecular weight excluding hydrogens is 284 g/mol. The Morgan fingerprint density at radius 2 is 1.83 bits per heavy atom. The van der Waals surface area contributed by atoms with Crippen LogP contribution in [-0.4, -0.2) is 0 Å². The third-order valence-corrected chi connectivity index (χ3v) is 2.62. The number of anilines is 1. The molecule has 0 amide bonds. The highest BCUT2D eigenvalue weighted by Gasteiger charge is 2.04. The van der Waals surface area contributed by atoms with Crippen LogP contribution in [0.15, 0.2) is 21.1 Å². The van der Waals surface area contributed by atoms with E-state index in [0.717, 1.165) is 20.2 Å². The van der Waals surface area contributed by atoms with E-state index in [1.54, 1.807) is 0 Å². The largest absolute Gasteiger partial charge is 0.291 e. The molecule has 0 radical (unpaired) electrons. The molecule has 0 bridgehead atoms. The maximum Gasteiger partial charge on any atom is 0.181 e. The summed E-state index contributed by atoms with van der Waals surface area (Å²) in [7, 11) is 0. The quantitative estimate of drug-likeness (QED) is 0.635. The summed E-state index contributed by atoms with van der Waals surface area (Å²) >= 11 is 6.71. The molecule has 4 heteroatoms. The molecule has 0 fully saturated rings. The second kappa shape index (κ2) is 3.92. The maximum absolute atomic E-state index is 8.44. The first-order valence-corrected chi connectivity index (χ1v) is 4.84.